The number of piperidine rings is 1. The quantitative estimate of drug-likeness (QED) is 0.714. The lowest BCUT2D eigenvalue weighted by molar-refractivity contribution is 0.0891. The van der Waals surface area contributed by atoms with E-state index in [1.807, 2.05) is 12.1 Å². The van der Waals surface area contributed by atoms with Crippen LogP contribution in [0.1, 0.15) is 48.9 Å². The van der Waals surface area contributed by atoms with Gasteiger partial charge in [-0.05, 0) is 68.2 Å². The van der Waals surface area contributed by atoms with E-state index >= 15 is 0 Å². The summed E-state index contributed by atoms with van der Waals surface area (Å²) >= 11 is 0. The van der Waals surface area contributed by atoms with E-state index in [4.69, 9.17) is 10.5 Å². The van der Waals surface area contributed by atoms with Gasteiger partial charge in [0.15, 0.2) is 0 Å². The Balaban J connectivity index is 1.20. The molecular weight excluding hydrogens is 338 g/mol. The van der Waals surface area contributed by atoms with Crippen LogP contribution < -0.4 is 10.5 Å². The predicted molar refractivity (Wildman–Crippen MR) is 107 cm³/mol. The molecule has 0 unspecified atom stereocenters. The van der Waals surface area contributed by atoms with Gasteiger partial charge in [-0.1, -0.05) is 6.42 Å². The Morgan fingerprint density at radius 2 is 1.89 bits per heavy atom. The van der Waals surface area contributed by atoms with Crippen LogP contribution >= 0.6 is 0 Å². The van der Waals surface area contributed by atoms with Crippen LogP contribution in [0.4, 0.5) is 0 Å². The molecule has 1 aromatic rings. The van der Waals surface area contributed by atoms with E-state index < -0.39 is 5.91 Å². The van der Waals surface area contributed by atoms with Gasteiger partial charge in [0.25, 0.3) is 0 Å². The molecule has 0 radical (unpaired) electrons. The van der Waals surface area contributed by atoms with E-state index in [0.717, 1.165) is 36.6 Å². The van der Waals surface area contributed by atoms with Crippen molar-refractivity contribution >= 4 is 5.91 Å². The summed E-state index contributed by atoms with van der Waals surface area (Å²) in [6.07, 6.45) is 8.19. The van der Waals surface area contributed by atoms with Crippen molar-refractivity contribution in [3.8, 4) is 5.75 Å². The van der Waals surface area contributed by atoms with Gasteiger partial charge in [-0.15, -0.1) is 0 Å². The number of fused-ring (bicyclic) bond motifs is 4. The van der Waals surface area contributed by atoms with E-state index in [-0.39, 0.29) is 0 Å². The molecule has 27 heavy (non-hydrogen) atoms. The summed E-state index contributed by atoms with van der Waals surface area (Å²) in [4.78, 5) is 16.6. The Morgan fingerprint density at radius 3 is 2.59 bits per heavy atom. The maximum absolute atomic E-state index is 11.1. The fourth-order valence-corrected chi connectivity index (χ4v) is 4.88. The molecule has 1 aromatic carbocycles. The molecule has 3 saturated heterocycles. The molecule has 1 amide bonds. The van der Waals surface area contributed by atoms with Gasteiger partial charge in [-0.25, -0.2) is 0 Å². The van der Waals surface area contributed by atoms with Crippen LogP contribution in [0.5, 0.6) is 5.75 Å². The van der Waals surface area contributed by atoms with Crippen molar-refractivity contribution in [1.82, 2.24) is 9.80 Å². The highest BCUT2D eigenvalue weighted by Gasteiger charge is 2.36. The molecule has 3 heterocycles. The molecule has 4 aliphatic rings. The van der Waals surface area contributed by atoms with Crippen molar-refractivity contribution in [2.45, 2.75) is 44.6 Å². The molecule has 5 nitrogen and oxygen atoms in total. The summed E-state index contributed by atoms with van der Waals surface area (Å²) in [5, 5.41) is 0. The molecule has 1 aliphatic carbocycles. The average molecular weight is 372 g/mol. The highest BCUT2D eigenvalue weighted by Crippen LogP contribution is 2.33. The van der Waals surface area contributed by atoms with Gasteiger partial charge in [0.2, 0.25) is 5.91 Å². The zero-order valence-corrected chi connectivity index (χ0v) is 16.3. The van der Waals surface area contributed by atoms with Crippen molar-refractivity contribution in [3.63, 3.8) is 0 Å². The Morgan fingerprint density at radius 1 is 1.07 bits per heavy atom. The standard InChI is InChI=1S/C22H33N3O2/c23-22(26)19-6-9-21(10-7-19)27-12-2-11-24-13-18-5-8-20(16-24)25(15-18)14-17-3-1-4-17/h6-7,9-10,17-18,20H,1-5,8,11-16H2,(H2,23,26)/t18-,20+/m0/s1. The number of primary amides is 1. The van der Waals surface area contributed by atoms with E-state index in [1.165, 1.54) is 58.3 Å². The molecule has 4 fully saturated rings. The Kier molecular flexibility index (Phi) is 5.98. The lowest BCUT2D eigenvalue weighted by Gasteiger charge is -2.40. The summed E-state index contributed by atoms with van der Waals surface area (Å²) in [6, 6.07) is 7.86. The third kappa shape index (κ3) is 4.82. The molecule has 2 bridgehead atoms. The van der Waals surface area contributed by atoms with Crippen LogP contribution in [0.2, 0.25) is 0 Å². The lowest BCUT2D eigenvalue weighted by Crippen LogP contribution is -2.47. The number of hydrogen-bond acceptors (Lipinski definition) is 4. The van der Waals surface area contributed by atoms with Gasteiger partial charge >= 0.3 is 0 Å². The van der Waals surface area contributed by atoms with E-state index in [2.05, 4.69) is 9.80 Å². The minimum Gasteiger partial charge on any atom is -0.494 e. The Bertz CT molecular complexity index is 629. The first kappa shape index (κ1) is 18.8. The molecule has 148 valence electrons. The summed E-state index contributed by atoms with van der Waals surface area (Å²) in [7, 11) is 0. The Hall–Kier alpha value is -1.59. The van der Waals surface area contributed by atoms with Gasteiger partial charge in [0, 0.05) is 44.3 Å². The zero-order valence-electron chi connectivity index (χ0n) is 16.3. The molecule has 1 saturated carbocycles. The van der Waals surface area contributed by atoms with Crippen LogP contribution in [0.3, 0.4) is 0 Å². The van der Waals surface area contributed by atoms with E-state index in [9.17, 15) is 4.79 Å². The summed E-state index contributed by atoms with van der Waals surface area (Å²) < 4.78 is 5.84. The van der Waals surface area contributed by atoms with Crippen molar-refractivity contribution in [2.24, 2.45) is 17.6 Å². The molecule has 5 rings (SSSR count). The summed E-state index contributed by atoms with van der Waals surface area (Å²) in [5.41, 5.74) is 5.79. The minimum absolute atomic E-state index is 0.399. The lowest BCUT2D eigenvalue weighted by atomic mass is 9.83. The molecule has 5 heteroatoms. The SMILES string of the molecule is NC(=O)c1ccc(OCCCN2C[C@@H]3CC[C@H](C2)N(CC2CCC2)C3)cc1. The molecular formula is C22H33N3O2. The van der Waals surface area contributed by atoms with Crippen molar-refractivity contribution in [2.75, 3.05) is 39.3 Å². The second-order valence-corrected chi connectivity index (χ2v) is 8.70. The predicted octanol–water partition coefficient (Wildman–Crippen LogP) is 2.75. The number of nitrogens with zero attached hydrogens (tertiary/aromatic N) is 2. The second-order valence-electron chi connectivity index (χ2n) is 8.70. The van der Waals surface area contributed by atoms with Gasteiger partial charge in [-0.2, -0.15) is 0 Å². The van der Waals surface area contributed by atoms with Crippen LogP contribution in [0.15, 0.2) is 24.3 Å². The number of amides is 1. The van der Waals surface area contributed by atoms with Gasteiger partial charge < -0.3 is 15.4 Å². The molecule has 3 aliphatic heterocycles. The highest BCUT2D eigenvalue weighted by atomic mass is 16.5. The third-order valence-electron chi connectivity index (χ3n) is 6.65. The largest absolute Gasteiger partial charge is 0.494 e. The van der Waals surface area contributed by atoms with Crippen LogP contribution in [0, 0.1) is 11.8 Å². The molecule has 0 spiro atoms. The number of carbonyl (C=O) groups excluding carboxylic acids is 1. The smallest absolute Gasteiger partial charge is 0.248 e. The highest BCUT2D eigenvalue weighted by molar-refractivity contribution is 5.92. The van der Waals surface area contributed by atoms with Crippen LogP contribution in [-0.4, -0.2) is 61.1 Å². The minimum atomic E-state index is -0.399. The Labute approximate surface area is 162 Å². The number of carbonyl (C=O) groups is 1. The first-order valence-electron chi connectivity index (χ1n) is 10.7. The van der Waals surface area contributed by atoms with Gasteiger partial charge in [-0.3, -0.25) is 9.69 Å². The van der Waals surface area contributed by atoms with Crippen molar-refractivity contribution in [3.05, 3.63) is 29.8 Å². The maximum Gasteiger partial charge on any atom is 0.248 e. The molecule has 2 N–H and O–H groups in total. The van der Waals surface area contributed by atoms with Crippen LogP contribution in [-0.2, 0) is 0 Å². The topological polar surface area (TPSA) is 58.8 Å². The number of benzene rings is 1. The van der Waals surface area contributed by atoms with Gasteiger partial charge in [0.1, 0.15) is 5.75 Å². The number of rotatable bonds is 8. The van der Waals surface area contributed by atoms with Crippen molar-refractivity contribution in [1.29, 1.82) is 0 Å². The monoisotopic (exact) mass is 371 g/mol. The van der Waals surface area contributed by atoms with Crippen LogP contribution in [0.25, 0.3) is 0 Å². The first-order chi connectivity index (χ1) is 13.2. The fraction of sp³-hybridized carbons (Fsp3) is 0.682. The normalized spacial score (nSPS) is 26.5. The van der Waals surface area contributed by atoms with E-state index in [1.54, 1.807) is 12.1 Å². The third-order valence-corrected chi connectivity index (χ3v) is 6.65. The second kappa shape index (κ2) is 8.61. The van der Waals surface area contributed by atoms with E-state index in [0.29, 0.717) is 12.2 Å². The summed E-state index contributed by atoms with van der Waals surface area (Å²) in [5.74, 6) is 2.24. The maximum atomic E-state index is 11.1. The number of ether oxygens (including phenoxy) is 1. The molecule has 2 atom stereocenters. The summed E-state index contributed by atoms with van der Waals surface area (Å²) in [6.45, 7) is 6.98. The fourth-order valence-electron chi connectivity index (χ4n) is 4.88. The zero-order chi connectivity index (χ0) is 18.6. The molecule has 0 aromatic heterocycles. The van der Waals surface area contributed by atoms with Crippen molar-refractivity contribution < 1.29 is 9.53 Å². The first-order valence-corrected chi connectivity index (χ1v) is 10.7. The number of hydrogen-bond donors (Lipinski definition) is 1. The number of nitrogens with two attached hydrogens (primary N) is 1. The average Bonchev–Trinajstić information content (AvgIpc) is 2.93. The van der Waals surface area contributed by atoms with Gasteiger partial charge in [0.05, 0.1) is 6.61 Å².